The van der Waals surface area contributed by atoms with Crippen molar-refractivity contribution in [3.05, 3.63) is 70.8 Å². The molecule has 2 N–H and O–H groups in total. The van der Waals surface area contributed by atoms with E-state index in [2.05, 4.69) is 36.6 Å². The summed E-state index contributed by atoms with van der Waals surface area (Å²) < 4.78 is 34.1. The molecule has 0 saturated carbocycles. The third kappa shape index (κ3) is 4.83. The van der Waals surface area contributed by atoms with Crippen LogP contribution in [0.1, 0.15) is 54.0 Å². The zero-order valence-corrected chi connectivity index (χ0v) is 25.0. The number of esters is 1. The second-order valence-corrected chi connectivity index (χ2v) is 11.4. The van der Waals surface area contributed by atoms with E-state index in [-0.39, 0.29) is 37.2 Å². The second-order valence-electron chi connectivity index (χ2n) is 10.9. The van der Waals surface area contributed by atoms with Crippen LogP contribution in [0.5, 0.6) is 28.7 Å². The molecule has 3 aromatic rings. The monoisotopic (exact) mass is 590 g/mol. The summed E-state index contributed by atoms with van der Waals surface area (Å²) >= 11 is 5.78. The van der Waals surface area contributed by atoms with Gasteiger partial charge in [0.25, 0.3) is 0 Å². The minimum Gasteiger partial charge on any atom is -0.493 e. The lowest BCUT2D eigenvalue weighted by Crippen LogP contribution is -2.44. The normalized spacial score (nSPS) is 21.7. The Hall–Kier alpha value is -4.18. The second kappa shape index (κ2) is 11.2. The third-order valence-corrected chi connectivity index (χ3v) is 8.58. The molecule has 2 heterocycles. The Bertz CT molecular complexity index is 1500. The number of hydrogen-bond donors (Lipinski definition) is 2. The summed E-state index contributed by atoms with van der Waals surface area (Å²) in [6, 6.07) is 15.6. The first-order valence-corrected chi connectivity index (χ1v) is 14.3. The molecule has 0 amide bonds. The molecule has 1 saturated heterocycles. The summed E-state index contributed by atoms with van der Waals surface area (Å²) in [4.78, 5) is 13.4. The van der Waals surface area contributed by atoms with Crippen LogP contribution in [-0.2, 0) is 9.53 Å². The van der Waals surface area contributed by atoms with E-state index in [1.54, 1.807) is 21.3 Å². The van der Waals surface area contributed by atoms with Crippen molar-refractivity contribution in [3.8, 4) is 28.7 Å². The number of benzene rings is 3. The number of ether oxygens (including phenoxy) is 6. The van der Waals surface area contributed by atoms with Gasteiger partial charge in [0, 0.05) is 17.5 Å². The number of anilines is 1. The van der Waals surface area contributed by atoms with Gasteiger partial charge in [-0.25, -0.2) is 0 Å². The zero-order valence-electron chi connectivity index (χ0n) is 24.2. The first kappa shape index (κ1) is 28.0. The van der Waals surface area contributed by atoms with Crippen molar-refractivity contribution < 1.29 is 33.2 Å². The molecule has 220 valence electrons. The number of thiocarbonyl (C=S) groups is 1. The van der Waals surface area contributed by atoms with Crippen molar-refractivity contribution in [2.45, 2.75) is 31.7 Å². The zero-order chi connectivity index (χ0) is 29.5. The topological polar surface area (TPSA) is 96.5 Å². The minimum atomic E-state index is -0.494. The van der Waals surface area contributed by atoms with Crippen molar-refractivity contribution in [2.75, 3.05) is 40.0 Å². The van der Waals surface area contributed by atoms with E-state index in [0.29, 0.717) is 39.8 Å². The van der Waals surface area contributed by atoms with E-state index < -0.39 is 5.92 Å². The average molecular weight is 591 g/mol. The lowest BCUT2D eigenvalue weighted by molar-refractivity contribution is -0.141. The predicted molar refractivity (Wildman–Crippen MR) is 161 cm³/mol. The van der Waals surface area contributed by atoms with Crippen LogP contribution < -0.4 is 34.3 Å². The van der Waals surface area contributed by atoms with Crippen molar-refractivity contribution in [1.82, 2.24) is 5.32 Å². The van der Waals surface area contributed by atoms with Crippen LogP contribution in [0, 0.1) is 11.8 Å². The Morgan fingerprint density at radius 1 is 0.905 bits per heavy atom. The molecule has 6 rings (SSSR count). The van der Waals surface area contributed by atoms with Crippen LogP contribution in [0.2, 0.25) is 0 Å². The quantitative estimate of drug-likeness (QED) is 0.270. The number of fused-ring (bicyclic) bond motifs is 3. The van der Waals surface area contributed by atoms with Gasteiger partial charge in [0.15, 0.2) is 28.1 Å². The van der Waals surface area contributed by atoms with Crippen molar-refractivity contribution in [2.24, 2.45) is 11.8 Å². The van der Waals surface area contributed by atoms with Gasteiger partial charge in [-0.05, 0) is 76.8 Å². The summed E-state index contributed by atoms with van der Waals surface area (Å²) in [5, 5.41) is 7.26. The van der Waals surface area contributed by atoms with Crippen LogP contribution in [0.3, 0.4) is 0 Å². The first-order valence-electron chi connectivity index (χ1n) is 13.9. The number of nitrogens with one attached hydrogen (secondary N) is 2. The third-order valence-electron chi connectivity index (χ3n) is 8.36. The van der Waals surface area contributed by atoms with Crippen molar-refractivity contribution in [1.29, 1.82) is 0 Å². The summed E-state index contributed by atoms with van der Waals surface area (Å²) in [7, 11) is 4.71. The first-order chi connectivity index (χ1) is 20.3. The molecule has 0 spiro atoms. The van der Waals surface area contributed by atoms with Gasteiger partial charge in [0.2, 0.25) is 12.5 Å². The molecule has 2 aliphatic heterocycles. The number of carbonyl (C=O) groups excluding carboxylic acids is 1. The highest BCUT2D eigenvalue weighted by molar-refractivity contribution is 7.80. The Balaban J connectivity index is 1.42. The highest BCUT2D eigenvalue weighted by Gasteiger charge is 2.53. The number of hydrogen-bond acceptors (Lipinski definition) is 8. The molecule has 1 aliphatic carbocycles. The molecule has 10 heteroatoms. The molecule has 1 fully saturated rings. The molecule has 3 aliphatic rings. The van der Waals surface area contributed by atoms with Gasteiger partial charge in [0.05, 0.1) is 39.9 Å². The largest absolute Gasteiger partial charge is 0.493 e. The summed E-state index contributed by atoms with van der Waals surface area (Å²) in [6.45, 7) is 4.70. The number of carbonyl (C=O) groups is 1. The van der Waals surface area contributed by atoms with Crippen LogP contribution in [0.15, 0.2) is 48.5 Å². The van der Waals surface area contributed by atoms with Gasteiger partial charge in [-0.1, -0.05) is 26.0 Å². The van der Waals surface area contributed by atoms with Gasteiger partial charge in [-0.2, -0.15) is 0 Å². The average Bonchev–Trinajstić information content (AvgIpc) is 3.61. The highest BCUT2D eigenvalue weighted by atomic mass is 32.1. The van der Waals surface area contributed by atoms with E-state index in [0.717, 1.165) is 22.4 Å². The molecule has 3 aromatic carbocycles. The van der Waals surface area contributed by atoms with Crippen LogP contribution in [0.4, 0.5) is 5.69 Å². The van der Waals surface area contributed by atoms with E-state index in [4.69, 9.17) is 40.6 Å². The fraction of sp³-hybridized carbons (Fsp3) is 0.375. The maximum Gasteiger partial charge on any atom is 0.310 e. The fourth-order valence-corrected chi connectivity index (χ4v) is 6.53. The Labute approximate surface area is 250 Å². The molecule has 9 nitrogen and oxygen atoms in total. The number of cyclic esters (lactones) is 1. The molecular formula is C32H34N2O7S. The predicted octanol–water partition coefficient (Wildman–Crippen LogP) is 5.53. The fourth-order valence-electron chi connectivity index (χ4n) is 6.29. The van der Waals surface area contributed by atoms with Gasteiger partial charge in [-0.15, -0.1) is 0 Å². The SMILES string of the molecule is COc1cc([C@@H]2c3cc4c(cc3[C@@H](NC(=S)Nc3ccc(C(C)C)cc3)[C@H]3COC(=O)[C@H]23)OCO4)cc(OC)c1OC. The molecule has 4 atom stereocenters. The van der Waals surface area contributed by atoms with E-state index in [9.17, 15) is 4.79 Å². The maximum absolute atomic E-state index is 13.4. The molecule has 42 heavy (non-hydrogen) atoms. The maximum atomic E-state index is 13.4. The van der Waals surface area contributed by atoms with Crippen molar-refractivity contribution >= 4 is 29.0 Å². The van der Waals surface area contributed by atoms with Gasteiger partial charge in [0.1, 0.15) is 0 Å². The highest BCUT2D eigenvalue weighted by Crippen LogP contribution is 2.55. The van der Waals surface area contributed by atoms with E-state index >= 15 is 0 Å². The standard InChI is InChI=1S/C32H34N2O7S/c1-16(2)17-6-8-19(9-7-17)33-32(42)34-29-21-13-24-23(40-15-41-24)12-20(21)27(28-22(29)14-39-31(28)35)18-10-25(36-3)30(38-5)26(11-18)37-4/h6-13,16,22,27-29H,14-15H2,1-5H3,(H2,33,34,42)/t22-,27+,28-,29+/m0/s1. The van der Waals surface area contributed by atoms with Gasteiger partial charge >= 0.3 is 5.97 Å². The molecule has 0 bridgehead atoms. The molecule has 0 unspecified atom stereocenters. The van der Waals surface area contributed by atoms with E-state index in [1.165, 1.54) is 5.56 Å². The van der Waals surface area contributed by atoms with Crippen LogP contribution in [0.25, 0.3) is 0 Å². The Kier molecular flexibility index (Phi) is 7.49. The van der Waals surface area contributed by atoms with Gasteiger partial charge in [-0.3, -0.25) is 4.79 Å². The molecular weight excluding hydrogens is 556 g/mol. The molecule has 0 radical (unpaired) electrons. The smallest absolute Gasteiger partial charge is 0.310 e. The minimum absolute atomic E-state index is 0.131. The summed E-state index contributed by atoms with van der Waals surface area (Å²) in [5.41, 5.74) is 4.83. The number of methoxy groups -OCH3 is 3. The van der Waals surface area contributed by atoms with Crippen LogP contribution >= 0.6 is 12.2 Å². The lowest BCUT2D eigenvalue weighted by atomic mass is 9.65. The van der Waals surface area contributed by atoms with Crippen LogP contribution in [-0.4, -0.2) is 45.8 Å². The van der Waals surface area contributed by atoms with E-state index in [1.807, 2.05) is 36.4 Å². The lowest BCUT2D eigenvalue weighted by Gasteiger charge is -2.40. The molecule has 0 aromatic heterocycles. The summed E-state index contributed by atoms with van der Waals surface area (Å²) in [5.74, 6) is 1.86. The van der Waals surface area contributed by atoms with Gasteiger partial charge < -0.3 is 39.1 Å². The number of rotatable bonds is 7. The Morgan fingerprint density at radius 2 is 1.55 bits per heavy atom. The van der Waals surface area contributed by atoms with Crippen molar-refractivity contribution in [3.63, 3.8) is 0 Å². The Morgan fingerprint density at radius 3 is 2.14 bits per heavy atom. The summed E-state index contributed by atoms with van der Waals surface area (Å²) in [6.07, 6.45) is 0.